The van der Waals surface area contributed by atoms with Crippen LogP contribution in [0.25, 0.3) is 0 Å². The third-order valence-corrected chi connectivity index (χ3v) is 4.16. The molecule has 0 heterocycles. The Morgan fingerprint density at radius 3 is 2.47 bits per heavy atom. The van der Waals surface area contributed by atoms with Crippen LogP contribution in [0.15, 0.2) is 35.2 Å². The third kappa shape index (κ3) is 3.78. The molecule has 5 nitrogen and oxygen atoms in total. The Labute approximate surface area is 102 Å². The maximum Gasteiger partial charge on any atom is 0.242 e. The van der Waals surface area contributed by atoms with Gasteiger partial charge in [0.2, 0.25) is 10.0 Å². The lowest BCUT2D eigenvalue weighted by molar-refractivity contribution is 0.173. The minimum Gasteiger partial charge on any atom is -0.383 e. The van der Waals surface area contributed by atoms with Gasteiger partial charge in [-0.3, -0.25) is 0 Å². The molecule has 0 aliphatic heterocycles. The Bertz CT molecular complexity index is 433. The average Bonchev–Trinajstić information content (AvgIpc) is 2.30. The summed E-state index contributed by atoms with van der Waals surface area (Å²) in [7, 11) is -0.410. The second-order valence-electron chi connectivity index (χ2n) is 3.81. The van der Waals surface area contributed by atoms with Crippen molar-refractivity contribution in [2.45, 2.75) is 10.9 Å². The number of sulfonamides is 1. The van der Waals surface area contributed by atoms with Gasteiger partial charge in [-0.25, -0.2) is 8.42 Å². The Morgan fingerprint density at radius 1 is 1.35 bits per heavy atom. The summed E-state index contributed by atoms with van der Waals surface area (Å²) < 4.78 is 30.3. The first-order valence-corrected chi connectivity index (χ1v) is 6.68. The van der Waals surface area contributed by atoms with Crippen molar-refractivity contribution < 1.29 is 13.2 Å². The van der Waals surface area contributed by atoms with E-state index in [4.69, 9.17) is 10.5 Å². The molecule has 1 atom stereocenters. The molecule has 1 rings (SSSR count). The normalized spacial score (nSPS) is 13.9. The summed E-state index contributed by atoms with van der Waals surface area (Å²) in [6.07, 6.45) is 0. The Balaban J connectivity index is 2.78. The van der Waals surface area contributed by atoms with E-state index in [2.05, 4.69) is 0 Å². The number of rotatable bonds is 6. The smallest absolute Gasteiger partial charge is 0.242 e. The van der Waals surface area contributed by atoms with Crippen LogP contribution in [-0.4, -0.2) is 46.1 Å². The monoisotopic (exact) mass is 258 g/mol. The van der Waals surface area contributed by atoms with Crippen LogP contribution in [0.3, 0.4) is 0 Å². The van der Waals surface area contributed by atoms with Crippen LogP contribution in [0.5, 0.6) is 0 Å². The number of likely N-dealkylation sites (N-methyl/N-ethyl adjacent to an activating group) is 1. The van der Waals surface area contributed by atoms with Crippen LogP contribution in [0.1, 0.15) is 0 Å². The molecule has 2 N–H and O–H groups in total. The highest BCUT2D eigenvalue weighted by atomic mass is 32.2. The zero-order valence-electron chi connectivity index (χ0n) is 10.0. The van der Waals surface area contributed by atoms with Crippen LogP contribution in [0.2, 0.25) is 0 Å². The average molecular weight is 258 g/mol. The molecule has 6 heteroatoms. The van der Waals surface area contributed by atoms with Gasteiger partial charge in [0, 0.05) is 26.7 Å². The van der Waals surface area contributed by atoms with Crippen LogP contribution in [0.4, 0.5) is 0 Å². The number of methoxy groups -OCH3 is 1. The van der Waals surface area contributed by atoms with Crippen LogP contribution in [-0.2, 0) is 14.8 Å². The number of hydrogen-bond acceptors (Lipinski definition) is 4. The summed E-state index contributed by atoms with van der Waals surface area (Å²) in [5.74, 6) is 0. The Hall–Kier alpha value is -0.950. The molecule has 0 aromatic heterocycles. The van der Waals surface area contributed by atoms with Crippen molar-refractivity contribution in [1.29, 1.82) is 0 Å². The van der Waals surface area contributed by atoms with Crippen LogP contribution < -0.4 is 5.73 Å². The molecule has 1 aromatic rings. The summed E-state index contributed by atoms with van der Waals surface area (Å²) in [5, 5.41) is 0. The first-order valence-electron chi connectivity index (χ1n) is 5.24. The molecule has 0 aliphatic rings. The van der Waals surface area contributed by atoms with E-state index in [0.717, 1.165) is 0 Å². The predicted molar refractivity (Wildman–Crippen MR) is 66.1 cm³/mol. The van der Waals surface area contributed by atoms with Gasteiger partial charge in [0.25, 0.3) is 0 Å². The SMILES string of the molecule is COCC(N)CN(C)S(=O)(=O)c1ccccc1. The second-order valence-corrected chi connectivity index (χ2v) is 5.86. The van der Waals surface area contributed by atoms with Gasteiger partial charge in [-0.05, 0) is 12.1 Å². The van der Waals surface area contributed by atoms with Crippen LogP contribution in [0, 0.1) is 0 Å². The molecule has 96 valence electrons. The number of nitrogens with zero attached hydrogens (tertiary/aromatic N) is 1. The van der Waals surface area contributed by atoms with Gasteiger partial charge in [-0.2, -0.15) is 4.31 Å². The zero-order chi connectivity index (χ0) is 12.9. The fourth-order valence-corrected chi connectivity index (χ4v) is 2.72. The second kappa shape index (κ2) is 6.11. The van der Waals surface area contributed by atoms with E-state index >= 15 is 0 Å². The molecule has 1 unspecified atom stereocenters. The summed E-state index contributed by atoms with van der Waals surface area (Å²) >= 11 is 0. The fourth-order valence-electron chi connectivity index (χ4n) is 1.47. The lowest BCUT2D eigenvalue weighted by Gasteiger charge is -2.20. The lowest BCUT2D eigenvalue weighted by Crippen LogP contribution is -2.41. The Morgan fingerprint density at radius 2 is 1.94 bits per heavy atom. The molecule has 0 fully saturated rings. The molecular formula is C11H18N2O3S. The molecule has 1 aromatic carbocycles. The molecule has 0 spiro atoms. The zero-order valence-corrected chi connectivity index (χ0v) is 10.9. The van der Waals surface area contributed by atoms with Crippen molar-refractivity contribution in [3.63, 3.8) is 0 Å². The molecular weight excluding hydrogens is 240 g/mol. The first-order chi connectivity index (χ1) is 7.98. The molecule has 0 saturated carbocycles. The van der Waals surface area contributed by atoms with Gasteiger partial charge < -0.3 is 10.5 Å². The third-order valence-electron chi connectivity index (χ3n) is 2.32. The van der Waals surface area contributed by atoms with E-state index in [0.29, 0.717) is 6.61 Å². The van der Waals surface area contributed by atoms with E-state index in [9.17, 15) is 8.42 Å². The largest absolute Gasteiger partial charge is 0.383 e. The van der Waals surface area contributed by atoms with E-state index < -0.39 is 10.0 Å². The number of hydrogen-bond donors (Lipinski definition) is 1. The van der Waals surface area contributed by atoms with Gasteiger partial charge >= 0.3 is 0 Å². The van der Waals surface area contributed by atoms with Gasteiger partial charge in [-0.15, -0.1) is 0 Å². The number of nitrogens with two attached hydrogens (primary N) is 1. The minimum absolute atomic E-state index is 0.227. The molecule has 17 heavy (non-hydrogen) atoms. The topological polar surface area (TPSA) is 72.6 Å². The summed E-state index contributed by atoms with van der Waals surface area (Å²) in [5.41, 5.74) is 5.73. The quantitative estimate of drug-likeness (QED) is 0.795. The Kier molecular flexibility index (Phi) is 5.07. The molecule has 0 bridgehead atoms. The predicted octanol–water partition coefficient (Wildman–Crippen LogP) is 0.281. The first kappa shape index (κ1) is 14.1. The van der Waals surface area contributed by atoms with E-state index in [1.807, 2.05) is 0 Å². The highest BCUT2D eigenvalue weighted by molar-refractivity contribution is 7.89. The van der Waals surface area contributed by atoms with Crippen molar-refractivity contribution in [3.05, 3.63) is 30.3 Å². The maximum absolute atomic E-state index is 12.1. The molecule has 0 amide bonds. The number of ether oxygens (including phenoxy) is 1. The molecule has 0 saturated heterocycles. The van der Waals surface area contributed by atoms with Crippen LogP contribution >= 0.6 is 0 Å². The van der Waals surface area contributed by atoms with Gasteiger partial charge in [0.05, 0.1) is 11.5 Å². The van der Waals surface area contributed by atoms with Crippen molar-refractivity contribution in [3.8, 4) is 0 Å². The summed E-state index contributed by atoms with van der Waals surface area (Å²) in [6.45, 7) is 0.555. The highest BCUT2D eigenvalue weighted by Crippen LogP contribution is 2.13. The van der Waals surface area contributed by atoms with E-state index in [1.54, 1.807) is 30.3 Å². The van der Waals surface area contributed by atoms with E-state index in [-0.39, 0.29) is 17.5 Å². The molecule has 0 aliphatic carbocycles. The minimum atomic E-state index is -3.45. The highest BCUT2D eigenvalue weighted by Gasteiger charge is 2.21. The summed E-state index contributed by atoms with van der Waals surface area (Å²) in [4.78, 5) is 0.270. The van der Waals surface area contributed by atoms with Crippen molar-refractivity contribution >= 4 is 10.0 Å². The van der Waals surface area contributed by atoms with Crippen molar-refractivity contribution in [2.75, 3.05) is 27.3 Å². The van der Waals surface area contributed by atoms with E-state index in [1.165, 1.54) is 18.5 Å². The van der Waals surface area contributed by atoms with Crippen molar-refractivity contribution in [1.82, 2.24) is 4.31 Å². The lowest BCUT2D eigenvalue weighted by atomic mass is 10.3. The molecule has 0 radical (unpaired) electrons. The van der Waals surface area contributed by atoms with Gasteiger partial charge in [0.15, 0.2) is 0 Å². The maximum atomic E-state index is 12.1. The van der Waals surface area contributed by atoms with Gasteiger partial charge in [0.1, 0.15) is 0 Å². The summed E-state index contributed by atoms with van der Waals surface area (Å²) in [6, 6.07) is 7.95. The standard InChI is InChI=1S/C11H18N2O3S/c1-13(8-10(12)9-16-2)17(14,15)11-6-4-3-5-7-11/h3-7,10H,8-9,12H2,1-2H3. The fraction of sp³-hybridized carbons (Fsp3) is 0.455. The number of benzene rings is 1. The van der Waals surface area contributed by atoms with Crippen molar-refractivity contribution in [2.24, 2.45) is 5.73 Å². The van der Waals surface area contributed by atoms with Gasteiger partial charge in [-0.1, -0.05) is 18.2 Å².